The lowest BCUT2D eigenvalue weighted by molar-refractivity contribution is 0.0943. The third-order valence-corrected chi connectivity index (χ3v) is 6.51. The molecule has 4 rings (SSSR count). The fourth-order valence-electron chi connectivity index (χ4n) is 4.06. The van der Waals surface area contributed by atoms with E-state index in [0.717, 1.165) is 35.5 Å². The zero-order valence-electron chi connectivity index (χ0n) is 20.1. The van der Waals surface area contributed by atoms with Gasteiger partial charge in [0.15, 0.2) is 0 Å². The van der Waals surface area contributed by atoms with Crippen LogP contribution in [-0.4, -0.2) is 63.5 Å². The van der Waals surface area contributed by atoms with Gasteiger partial charge in [-0.2, -0.15) is 0 Å². The SMILES string of the molecule is Cc1ccc(NC(=O)N2CCN(Cc3nc4cc(C(=O)NC(C)C)ccc4n3C)CC2)cc1Cl. The first-order valence-electron chi connectivity index (χ1n) is 11.5. The minimum Gasteiger partial charge on any atom is -0.350 e. The number of hydrogen-bond donors (Lipinski definition) is 2. The first-order chi connectivity index (χ1) is 16.2. The molecule has 2 heterocycles. The molecule has 0 bridgehead atoms. The molecule has 1 aromatic heterocycles. The minimum absolute atomic E-state index is 0.0814. The molecule has 9 heteroatoms. The molecule has 34 heavy (non-hydrogen) atoms. The lowest BCUT2D eigenvalue weighted by Gasteiger charge is -2.34. The van der Waals surface area contributed by atoms with E-state index >= 15 is 0 Å². The molecular formula is C25H31ClN6O2. The molecule has 0 spiro atoms. The zero-order valence-corrected chi connectivity index (χ0v) is 20.8. The predicted octanol–water partition coefficient (Wildman–Crippen LogP) is 4.02. The number of benzene rings is 2. The monoisotopic (exact) mass is 482 g/mol. The summed E-state index contributed by atoms with van der Waals surface area (Å²) in [6.45, 7) is 9.28. The number of imidazole rings is 1. The zero-order chi connectivity index (χ0) is 24.4. The van der Waals surface area contributed by atoms with Crippen LogP contribution in [0.2, 0.25) is 5.02 Å². The Bertz CT molecular complexity index is 1210. The largest absolute Gasteiger partial charge is 0.350 e. The second kappa shape index (κ2) is 10.0. The molecule has 0 aliphatic carbocycles. The van der Waals surface area contributed by atoms with Crippen molar-refractivity contribution >= 4 is 40.3 Å². The number of amides is 3. The van der Waals surface area contributed by atoms with Crippen molar-refractivity contribution in [1.29, 1.82) is 0 Å². The molecule has 2 N–H and O–H groups in total. The Kier molecular flexibility index (Phi) is 7.09. The first-order valence-corrected chi connectivity index (χ1v) is 11.9. The minimum atomic E-state index is -0.116. The maximum absolute atomic E-state index is 12.7. The van der Waals surface area contributed by atoms with Crippen LogP contribution in [0.1, 0.15) is 35.6 Å². The number of anilines is 1. The Labute approximate surface area is 204 Å². The Morgan fingerprint density at radius 2 is 1.82 bits per heavy atom. The van der Waals surface area contributed by atoms with Crippen LogP contribution in [0, 0.1) is 6.92 Å². The Hall–Kier alpha value is -3.10. The normalized spacial score (nSPS) is 14.6. The summed E-state index contributed by atoms with van der Waals surface area (Å²) in [4.78, 5) is 33.9. The van der Waals surface area contributed by atoms with E-state index in [2.05, 4.69) is 20.1 Å². The number of carbonyl (C=O) groups is 2. The van der Waals surface area contributed by atoms with E-state index in [1.165, 1.54) is 0 Å². The fraction of sp³-hybridized carbons (Fsp3) is 0.400. The topological polar surface area (TPSA) is 82.5 Å². The predicted molar refractivity (Wildman–Crippen MR) is 135 cm³/mol. The maximum Gasteiger partial charge on any atom is 0.321 e. The molecular weight excluding hydrogens is 452 g/mol. The molecule has 0 unspecified atom stereocenters. The number of nitrogens with zero attached hydrogens (tertiary/aromatic N) is 4. The Morgan fingerprint density at radius 3 is 2.50 bits per heavy atom. The maximum atomic E-state index is 12.7. The third-order valence-electron chi connectivity index (χ3n) is 6.10. The smallest absolute Gasteiger partial charge is 0.321 e. The molecule has 1 aliphatic rings. The fourth-order valence-corrected chi connectivity index (χ4v) is 4.24. The van der Waals surface area contributed by atoms with Gasteiger partial charge in [0.1, 0.15) is 5.82 Å². The van der Waals surface area contributed by atoms with Crippen molar-refractivity contribution in [2.75, 3.05) is 31.5 Å². The number of halogens is 1. The lowest BCUT2D eigenvalue weighted by atomic mass is 10.2. The second-order valence-electron chi connectivity index (χ2n) is 9.08. The highest BCUT2D eigenvalue weighted by Gasteiger charge is 2.23. The van der Waals surface area contributed by atoms with E-state index in [1.54, 1.807) is 6.07 Å². The van der Waals surface area contributed by atoms with Crippen molar-refractivity contribution in [3.63, 3.8) is 0 Å². The number of rotatable bonds is 5. The first kappa shape index (κ1) is 24.0. The summed E-state index contributed by atoms with van der Waals surface area (Å²) in [7, 11) is 1.99. The highest BCUT2D eigenvalue weighted by molar-refractivity contribution is 6.31. The van der Waals surface area contributed by atoms with Gasteiger partial charge in [0, 0.05) is 55.5 Å². The summed E-state index contributed by atoms with van der Waals surface area (Å²) in [6.07, 6.45) is 0. The average molecular weight is 483 g/mol. The molecule has 8 nitrogen and oxygen atoms in total. The van der Waals surface area contributed by atoms with Gasteiger partial charge in [-0.25, -0.2) is 9.78 Å². The van der Waals surface area contributed by atoms with Crippen LogP contribution in [0.4, 0.5) is 10.5 Å². The van der Waals surface area contributed by atoms with E-state index in [4.69, 9.17) is 16.6 Å². The van der Waals surface area contributed by atoms with Crippen LogP contribution in [0.3, 0.4) is 0 Å². The Morgan fingerprint density at radius 1 is 1.09 bits per heavy atom. The van der Waals surface area contributed by atoms with Crippen molar-refractivity contribution in [3.8, 4) is 0 Å². The van der Waals surface area contributed by atoms with E-state index in [1.807, 2.05) is 63.1 Å². The van der Waals surface area contributed by atoms with Crippen molar-refractivity contribution in [3.05, 3.63) is 58.4 Å². The van der Waals surface area contributed by atoms with E-state index in [0.29, 0.717) is 35.9 Å². The lowest BCUT2D eigenvalue weighted by Crippen LogP contribution is -2.49. The number of nitrogens with one attached hydrogen (secondary N) is 2. The molecule has 1 aliphatic heterocycles. The van der Waals surface area contributed by atoms with Gasteiger partial charge in [-0.05, 0) is 56.7 Å². The van der Waals surface area contributed by atoms with Gasteiger partial charge in [0.2, 0.25) is 0 Å². The van der Waals surface area contributed by atoms with Gasteiger partial charge >= 0.3 is 6.03 Å². The van der Waals surface area contributed by atoms with E-state index in [-0.39, 0.29) is 18.0 Å². The molecule has 180 valence electrons. The van der Waals surface area contributed by atoms with Gasteiger partial charge in [0.05, 0.1) is 17.6 Å². The second-order valence-corrected chi connectivity index (χ2v) is 9.48. The van der Waals surface area contributed by atoms with Crippen molar-refractivity contribution in [2.45, 2.75) is 33.4 Å². The number of piperazine rings is 1. The molecule has 3 amide bonds. The van der Waals surface area contributed by atoms with Crippen molar-refractivity contribution in [1.82, 2.24) is 24.7 Å². The highest BCUT2D eigenvalue weighted by atomic mass is 35.5. The summed E-state index contributed by atoms with van der Waals surface area (Å²) >= 11 is 6.17. The number of urea groups is 1. The molecule has 1 saturated heterocycles. The van der Waals surface area contributed by atoms with Gasteiger partial charge in [-0.1, -0.05) is 17.7 Å². The molecule has 0 radical (unpaired) electrons. The molecule has 2 aromatic carbocycles. The summed E-state index contributed by atoms with van der Waals surface area (Å²) in [6, 6.07) is 11.1. The standard InChI is InChI=1S/C25H31ClN6O2/c1-16(2)27-24(33)18-6-8-22-21(13-18)29-23(30(22)4)15-31-9-11-32(12-10-31)25(34)28-19-7-5-17(3)20(26)14-19/h5-8,13-14,16H,9-12,15H2,1-4H3,(H,27,33)(H,28,34). The molecule has 0 atom stereocenters. The number of carbonyl (C=O) groups excluding carboxylic acids is 2. The van der Waals surface area contributed by atoms with Crippen molar-refractivity contribution in [2.24, 2.45) is 7.05 Å². The van der Waals surface area contributed by atoms with Crippen LogP contribution < -0.4 is 10.6 Å². The molecule has 0 saturated carbocycles. The summed E-state index contributed by atoms with van der Waals surface area (Å²) < 4.78 is 2.07. The van der Waals surface area contributed by atoms with Crippen LogP contribution in [0.25, 0.3) is 11.0 Å². The number of fused-ring (bicyclic) bond motifs is 1. The van der Waals surface area contributed by atoms with Crippen LogP contribution in [0.5, 0.6) is 0 Å². The average Bonchev–Trinajstić information content (AvgIpc) is 3.10. The number of aryl methyl sites for hydroxylation is 2. The number of hydrogen-bond acceptors (Lipinski definition) is 4. The van der Waals surface area contributed by atoms with E-state index in [9.17, 15) is 9.59 Å². The van der Waals surface area contributed by atoms with Crippen LogP contribution in [0.15, 0.2) is 36.4 Å². The van der Waals surface area contributed by atoms with Gasteiger partial charge < -0.3 is 20.1 Å². The summed E-state index contributed by atoms with van der Waals surface area (Å²) in [5.74, 6) is 0.843. The van der Waals surface area contributed by atoms with Crippen molar-refractivity contribution < 1.29 is 9.59 Å². The third kappa shape index (κ3) is 5.34. The number of aromatic nitrogens is 2. The van der Waals surface area contributed by atoms with Gasteiger partial charge in [-0.15, -0.1) is 0 Å². The van der Waals surface area contributed by atoms with Crippen LogP contribution in [-0.2, 0) is 13.6 Å². The van der Waals surface area contributed by atoms with Crippen LogP contribution >= 0.6 is 11.6 Å². The molecule has 3 aromatic rings. The van der Waals surface area contributed by atoms with Gasteiger partial charge in [0.25, 0.3) is 5.91 Å². The Balaban J connectivity index is 1.36. The summed E-state index contributed by atoms with van der Waals surface area (Å²) in [5.41, 5.74) is 4.09. The highest BCUT2D eigenvalue weighted by Crippen LogP contribution is 2.21. The quantitative estimate of drug-likeness (QED) is 0.575. The molecule has 1 fully saturated rings. The van der Waals surface area contributed by atoms with E-state index < -0.39 is 0 Å². The summed E-state index contributed by atoms with van der Waals surface area (Å²) in [5, 5.41) is 6.49. The van der Waals surface area contributed by atoms with Gasteiger partial charge in [-0.3, -0.25) is 9.69 Å².